The number of phenols is 1. The van der Waals surface area contributed by atoms with E-state index in [1.54, 1.807) is 18.2 Å². The van der Waals surface area contributed by atoms with Crippen molar-refractivity contribution in [1.82, 2.24) is 14.5 Å². The number of aromatic hydroxyl groups is 1. The average Bonchev–Trinajstić information content (AvgIpc) is 3.05. The third-order valence-electron chi connectivity index (χ3n) is 5.24. The second kappa shape index (κ2) is 6.95. The molecule has 0 bridgehead atoms. The fraction of sp³-hybridized carbons (Fsp3) is 0.174. The van der Waals surface area contributed by atoms with E-state index in [1.807, 2.05) is 67.6 Å². The van der Waals surface area contributed by atoms with Crippen LogP contribution in [-0.4, -0.2) is 26.7 Å². The first kappa shape index (κ1) is 18.5. The average molecular weight is 383 g/mol. The first-order valence-corrected chi connectivity index (χ1v) is 9.30. The van der Waals surface area contributed by atoms with Crippen molar-refractivity contribution in [3.63, 3.8) is 0 Å². The molecule has 2 heterocycles. The van der Waals surface area contributed by atoms with Crippen molar-refractivity contribution >= 4 is 22.4 Å². The van der Waals surface area contributed by atoms with Gasteiger partial charge in [-0.1, -0.05) is 12.1 Å². The minimum Gasteiger partial charge on any atom is -0.508 e. The quantitative estimate of drug-likeness (QED) is 0.555. The number of phenolic OH excluding ortho intramolecular Hbond substituents is 1. The summed E-state index contributed by atoms with van der Waals surface area (Å²) in [7, 11) is 1.92. The van der Waals surface area contributed by atoms with Crippen molar-refractivity contribution in [2.24, 2.45) is 0 Å². The van der Waals surface area contributed by atoms with Crippen LogP contribution in [0.15, 0.2) is 48.5 Å². The molecule has 0 atom stereocenters. The normalized spacial score (nSPS) is 10.9. The fourth-order valence-electron chi connectivity index (χ4n) is 3.58. The van der Waals surface area contributed by atoms with Gasteiger partial charge in [-0.2, -0.15) is 10.2 Å². The number of nitrogens with zero attached hydrogens (tertiary/aromatic N) is 5. The molecule has 0 saturated heterocycles. The predicted octanol–water partition coefficient (Wildman–Crippen LogP) is 4.69. The van der Waals surface area contributed by atoms with Crippen LogP contribution in [-0.2, 0) is 0 Å². The molecule has 29 heavy (non-hydrogen) atoms. The molecule has 2 aromatic carbocycles. The van der Waals surface area contributed by atoms with Gasteiger partial charge >= 0.3 is 0 Å². The second-order valence-electron chi connectivity index (χ2n) is 7.11. The van der Waals surface area contributed by atoms with Gasteiger partial charge in [0.2, 0.25) is 5.95 Å². The summed E-state index contributed by atoms with van der Waals surface area (Å²) in [5, 5.41) is 20.2. The van der Waals surface area contributed by atoms with Crippen molar-refractivity contribution in [3.8, 4) is 17.8 Å². The summed E-state index contributed by atoms with van der Waals surface area (Å²) in [5.74, 6) is 1.52. The molecule has 0 saturated carbocycles. The summed E-state index contributed by atoms with van der Waals surface area (Å²) in [5.41, 5.74) is 5.15. The molecule has 4 aromatic rings. The first-order chi connectivity index (χ1) is 13.9. The maximum Gasteiger partial charge on any atom is 0.236 e. The summed E-state index contributed by atoms with van der Waals surface area (Å²) in [6.07, 6.45) is 0. The lowest BCUT2D eigenvalue weighted by Crippen LogP contribution is -2.16. The van der Waals surface area contributed by atoms with E-state index < -0.39 is 0 Å². The van der Waals surface area contributed by atoms with Gasteiger partial charge < -0.3 is 10.0 Å². The molecular weight excluding hydrogens is 362 g/mol. The first-order valence-electron chi connectivity index (χ1n) is 9.30. The molecule has 6 heteroatoms. The smallest absolute Gasteiger partial charge is 0.236 e. The Morgan fingerprint density at radius 3 is 2.52 bits per heavy atom. The summed E-state index contributed by atoms with van der Waals surface area (Å²) in [4.78, 5) is 11.5. The highest BCUT2D eigenvalue weighted by molar-refractivity contribution is 5.88. The molecule has 0 aliphatic rings. The lowest BCUT2D eigenvalue weighted by atomic mass is 10.1. The lowest BCUT2D eigenvalue weighted by Gasteiger charge is -2.22. The molecular formula is C23H21N5O. The highest BCUT2D eigenvalue weighted by Crippen LogP contribution is 2.31. The summed E-state index contributed by atoms with van der Waals surface area (Å²) in [6, 6.07) is 17.0. The van der Waals surface area contributed by atoms with Gasteiger partial charge in [-0.15, -0.1) is 0 Å². The number of anilines is 2. The third kappa shape index (κ3) is 3.07. The molecule has 2 aromatic heterocycles. The Bertz CT molecular complexity index is 1280. The zero-order valence-electron chi connectivity index (χ0n) is 16.8. The third-order valence-corrected chi connectivity index (χ3v) is 5.24. The van der Waals surface area contributed by atoms with Gasteiger partial charge in [-0.05, 0) is 51.1 Å². The lowest BCUT2D eigenvalue weighted by molar-refractivity contribution is 0.475. The van der Waals surface area contributed by atoms with E-state index >= 15 is 0 Å². The van der Waals surface area contributed by atoms with Gasteiger partial charge in [0.1, 0.15) is 11.6 Å². The highest BCUT2D eigenvalue weighted by atomic mass is 16.3. The van der Waals surface area contributed by atoms with Gasteiger partial charge in [-0.25, -0.2) is 4.98 Å². The predicted molar refractivity (Wildman–Crippen MR) is 114 cm³/mol. The van der Waals surface area contributed by atoms with Crippen molar-refractivity contribution in [1.29, 1.82) is 5.26 Å². The maximum absolute atomic E-state index is 9.85. The SMILES string of the molecule is Cc1nc(-n2c(C)cc3c(C#N)cccc32)nc(N(C)c2cccc(O)c2)c1C. The Balaban J connectivity index is 1.93. The molecule has 0 aliphatic carbocycles. The van der Waals surface area contributed by atoms with Gasteiger partial charge in [0.05, 0.1) is 17.1 Å². The Hall–Kier alpha value is -3.85. The van der Waals surface area contributed by atoms with Crippen LogP contribution < -0.4 is 4.90 Å². The van der Waals surface area contributed by atoms with Crippen molar-refractivity contribution in [2.45, 2.75) is 20.8 Å². The van der Waals surface area contributed by atoms with Gasteiger partial charge in [0.25, 0.3) is 0 Å². The van der Waals surface area contributed by atoms with Crippen LogP contribution in [0.5, 0.6) is 5.75 Å². The van der Waals surface area contributed by atoms with E-state index in [0.717, 1.165) is 39.4 Å². The molecule has 0 spiro atoms. The number of fused-ring (bicyclic) bond motifs is 1. The molecule has 144 valence electrons. The number of benzene rings is 2. The van der Waals surface area contributed by atoms with E-state index in [1.165, 1.54) is 0 Å². The summed E-state index contributed by atoms with van der Waals surface area (Å²) < 4.78 is 1.97. The Kier molecular flexibility index (Phi) is 4.44. The molecule has 0 amide bonds. The molecule has 0 radical (unpaired) electrons. The zero-order chi connectivity index (χ0) is 20.7. The minimum atomic E-state index is 0.203. The van der Waals surface area contributed by atoms with Gasteiger partial charge in [0.15, 0.2) is 0 Å². The van der Waals surface area contributed by atoms with Crippen LogP contribution in [0.1, 0.15) is 22.5 Å². The largest absolute Gasteiger partial charge is 0.508 e. The van der Waals surface area contributed by atoms with Crippen LogP contribution in [0.4, 0.5) is 11.5 Å². The number of aromatic nitrogens is 3. The summed E-state index contributed by atoms with van der Waals surface area (Å²) in [6.45, 7) is 5.93. The van der Waals surface area contributed by atoms with Gasteiger partial charge in [0, 0.05) is 41.1 Å². The van der Waals surface area contributed by atoms with Gasteiger partial charge in [-0.3, -0.25) is 4.57 Å². The van der Waals surface area contributed by atoms with Crippen LogP contribution in [0, 0.1) is 32.1 Å². The second-order valence-corrected chi connectivity index (χ2v) is 7.11. The van der Waals surface area contributed by atoms with Crippen LogP contribution in [0.3, 0.4) is 0 Å². The van der Waals surface area contributed by atoms with E-state index in [4.69, 9.17) is 9.97 Å². The number of aryl methyl sites for hydroxylation is 2. The van der Waals surface area contributed by atoms with Crippen molar-refractivity contribution < 1.29 is 5.11 Å². The number of rotatable bonds is 3. The van der Waals surface area contributed by atoms with Crippen LogP contribution in [0.2, 0.25) is 0 Å². The molecule has 0 unspecified atom stereocenters. The van der Waals surface area contributed by atoms with Crippen molar-refractivity contribution in [3.05, 3.63) is 71.0 Å². The van der Waals surface area contributed by atoms with Crippen LogP contribution >= 0.6 is 0 Å². The van der Waals surface area contributed by atoms with E-state index in [2.05, 4.69) is 6.07 Å². The minimum absolute atomic E-state index is 0.203. The topological polar surface area (TPSA) is 78.0 Å². The molecule has 6 nitrogen and oxygen atoms in total. The molecule has 0 fully saturated rings. The Morgan fingerprint density at radius 2 is 1.79 bits per heavy atom. The van der Waals surface area contributed by atoms with Crippen molar-refractivity contribution in [2.75, 3.05) is 11.9 Å². The van der Waals surface area contributed by atoms with E-state index in [0.29, 0.717) is 11.5 Å². The van der Waals surface area contributed by atoms with E-state index in [-0.39, 0.29) is 5.75 Å². The summed E-state index contributed by atoms with van der Waals surface area (Å²) >= 11 is 0. The Labute approximate surface area is 169 Å². The zero-order valence-corrected chi connectivity index (χ0v) is 16.8. The maximum atomic E-state index is 9.85. The highest BCUT2D eigenvalue weighted by Gasteiger charge is 2.18. The van der Waals surface area contributed by atoms with E-state index in [9.17, 15) is 10.4 Å². The number of hydrogen-bond donors (Lipinski definition) is 1. The molecule has 4 rings (SSSR count). The standard InChI is InChI=1S/C23H21N5O/c1-14-11-20-17(13-24)7-5-10-21(20)28(14)23-25-16(3)15(2)22(26-23)27(4)18-8-6-9-19(29)12-18/h5-12,29H,1-4H3. The monoisotopic (exact) mass is 383 g/mol. The molecule has 0 aliphatic heterocycles. The van der Waals surface area contributed by atoms with Crippen LogP contribution in [0.25, 0.3) is 16.9 Å². The number of nitriles is 1. The fourth-order valence-corrected chi connectivity index (χ4v) is 3.58. The number of hydrogen-bond acceptors (Lipinski definition) is 5. The molecule has 1 N–H and O–H groups in total. The Morgan fingerprint density at radius 1 is 1.03 bits per heavy atom.